The Hall–Kier alpha value is -1.27. The summed E-state index contributed by atoms with van der Waals surface area (Å²) in [4.78, 5) is 22.0. The third kappa shape index (κ3) is 1.87. The number of carboxylic acids is 1. The van der Waals surface area contributed by atoms with Crippen LogP contribution in [0.4, 0.5) is 13.2 Å². The molecule has 4 nitrogen and oxygen atoms in total. The van der Waals surface area contributed by atoms with E-state index in [9.17, 15) is 22.8 Å². The predicted molar refractivity (Wildman–Crippen MR) is 50.1 cm³/mol. The molecular weight excluding hydrogens is 239 g/mol. The number of nitrogens with one attached hydrogen (secondary N) is 1. The molecule has 7 heteroatoms. The van der Waals surface area contributed by atoms with Gasteiger partial charge >= 0.3 is 18.1 Å². The SMILES string of the molecule is O=C(NC12CCC(C(=O)O)(CC1)C2)C(F)(F)F. The normalized spacial score (nSPS) is 35.9. The van der Waals surface area contributed by atoms with Crippen molar-refractivity contribution in [1.29, 1.82) is 0 Å². The Balaban J connectivity index is 2.10. The van der Waals surface area contributed by atoms with Gasteiger partial charge in [0, 0.05) is 5.54 Å². The number of hydrogen-bond acceptors (Lipinski definition) is 2. The van der Waals surface area contributed by atoms with Crippen LogP contribution < -0.4 is 5.32 Å². The average Bonchev–Trinajstić information content (AvgIpc) is 2.72. The maximum Gasteiger partial charge on any atom is 0.471 e. The minimum atomic E-state index is -4.91. The maximum absolute atomic E-state index is 12.1. The van der Waals surface area contributed by atoms with Crippen LogP contribution in [0.2, 0.25) is 0 Å². The second-order valence-corrected chi connectivity index (χ2v) is 4.99. The Bertz CT molecular complexity index is 369. The topological polar surface area (TPSA) is 66.4 Å². The van der Waals surface area contributed by atoms with Crippen LogP contribution in [-0.2, 0) is 9.59 Å². The van der Waals surface area contributed by atoms with Crippen molar-refractivity contribution in [3.05, 3.63) is 0 Å². The van der Waals surface area contributed by atoms with Crippen LogP contribution in [0.25, 0.3) is 0 Å². The number of fused-ring (bicyclic) bond motifs is 2. The van der Waals surface area contributed by atoms with Crippen molar-refractivity contribution in [2.75, 3.05) is 0 Å². The van der Waals surface area contributed by atoms with Crippen LogP contribution in [-0.4, -0.2) is 28.7 Å². The molecule has 1 amide bonds. The van der Waals surface area contributed by atoms with Gasteiger partial charge in [0.05, 0.1) is 5.41 Å². The van der Waals surface area contributed by atoms with E-state index in [2.05, 4.69) is 0 Å². The molecule has 2 aliphatic rings. The quantitative estimate of drug-likeness (QED) is 0.780. The number of alkyl halides is 3. The highest BCUT2D eigenvalue weighted by molar-refractivity contribution is 5.83. The van der Waals surface area contributed by atoms with Gasteiger partial charge in [0.2, 0.25) is 0 Å². The highest BCUT2D eigenvalue weighted by atomic mass is 19.4. The fourth-order valence-corrected chi connectivity index (χ4v) is 2.98. The van der Waals surface area contributed by atoms with E-state index >= 15 is 0 Å². The molecule has 96 valence electrons. The van der Waals surface area contributed by atoms with Crippen LogP contribution in [0.5, 0.6) is 0 Å². The number of carbonyl (C=O) groups excluding carboxylic acids is 1. The fraction of sp³-hybridized carbons (Fsp3) is 0.800. The number of carboxylic acid groups (broad SMARTS) is 1. The summed E-state index contributed by atoms with van der Waals surface area (Å²) in [5, 5.41) is 11.0. The van der Waals surface area contributed by atoms with Crippen LogP contribution in [0.1, 0.15) is 32.1 Å². The first-order valence-corrected chi connectivity index (χ1v) is 5.32. The number of hydrogen-bond donors (Lipinski definition) is 2. The summed E-state index contributed by atoms with van der Waals surface area (Å²) < 4.78 is 36.4. The molecule has 2 N–H and O–H groups in total. The van der Waals surface area contributed by atoms with E-state index < -0.39 is 29.0 Å². The molecule has 0 spiro atoms. The summed E-state index contributed by atoms with van der Waals surface area (Å²) in [5.74, 6) is -2.95. The smallest absolute Gasteiger partial charge is 0.471 e. The Kier molecular flexibility index (Phi) is 2.41. The molecule has 0 atom stereocenters. The molecule has 0 aromatic heterocycles. The zero-order valence-electron chi connectivity index (χ0n) is 8.93. The van der Waals surface area contributed by atoms with Gasteiger partial charge in [-0.2, -0.15) is 13.2 Å². The van der Waals surface area contributed by atoms with Crippen LogP contribution in [0, 0.1) is 5.41 Å². The second-order valence-electron chi connectivity index (χ2n) is 4.99. The van der Waals surface area contributed by atoms with E-state index in [4.69, 9.17) is 5.11 Å². The summed E-state index contributed by atoms with van der Waals surface area (Å²) in [7, 11) is 0. The minimum Gasteiger partial charge on any atom is -0.481 e. The number of amides is 1. The maximum atomic E-state index is 12.1. The third-order valence-corrected chi connectivity index (χ3v) is 3.93. The summed E-state index contributed by atoms with van der Waals surface area (Å²) in [6.07, 6.45) is -3.52. The van der Waals surface area contributed by atoms with Gasteiger partial charge < -0.3 is 10.4 Å². The first-order valence-electron chi connectivity index (χ1n) is 5.32. The lowest BCUT2D eigenvalue weighted by molar-refractivity contribution is -0.175. The Morgan fingerprint density at radius 1 is 1.12 bits per heavy atom. The number of halogens is 3. The van der Waals surface area contributed by atoms with Gasteiger partial charge in [-0.15, -0.1) is 0 Å². The molecule has 2 rings (SSSR count). The van der Waals surface area contributed by atoms with Crippen molar-refractivity contribution in [2.45, 2.75) is 43.8 Å². The molecule has 2 bridgehead atoms. The average molecular weight is 251 g/mol. The lowest BCUT2D eigenvalue weighted by atomic mass is 9.84. The predicted octanol–water partition coefficient (Wildman–Crippen LogP) is 1.45. The van der Waals surface area contributed by atoms with Crippen LogP contribution in [0.3, 0.4) is 0 Å². The molecule has 17 heavy (non-hydrogen) atoms. The molecule has 0 aromatic rings. The summed E-state index contributed by atoms with van der Waals surface area (Å²) in [6.45, 7) is 0. The van der Waals surface area contributed by atoms with Gasteiger partial charge in [-0.3, -0.25) is 9.59 Å². The van der Waals surface area contributed by atoms with Gasteiger partial charge in [-0.05, 0) is 32.1 Å². The van der Waals surface area contributed by atoms with Gasteiger partial charge in [-0.25, -0.2) is 0 Å². The summed E-state index contributed by atoms with van der Waals surface area (Å²) >= 11 is 0. The van der Waals surface area contributed by atoms with E-state index in [0.717, 1.165) is 0 Å². The Morgan fingerprint density at radius 3 is 2.00 bits per heavy atom. The zero-order valence-corrected chi connectivity index (χ0v) is 8.93. The van der Waals surface area contributed by atoms with E-state index in [1.54, 1.807) is 0 Å². The highest BCUT2D eigenvalue weighted by Crippen LogP contribution is 2.56. The standard InChI is InChI=1S/C10H12F3NO3/c11-10(12,13)6(15)14-9-3-1-8(5-9,2-4-9)7(16)17/h1-5H2,(H,14,15)(H,16,17). The van der Waals surface area contributed by atoms with Gasteiger partial charge in [0.15, 0.2) is 0 Å². The summed E-state index contributed by atoms with van der Waals surface area (Å²) in [6, 6.07) is 0. The van der Waals surface area contributed by atoms with E-state index in [0.29, 0.717) is 25.7 Å². The molecule has 0 aliphatic heterocycles. The van der Waals surface area contributed by atoms with Gasteiger partial charge in [-0.1, -0.05) is 0 Å². The molecular formula is C10H12F3NO3. The molecule has 0 aromatic carbocycles. The number of aliphatic carboxylic acids is 1. The van der Waals surface area contributed by atoms with Crippen molar-refractivity contribution in [2.24, 2.45) is 5.41 Å². The van der Waals surface area contributed by atoms with Crippen molar-refractivity contribution in [1.82, 2.24) is 5.32 Å². The number of carbonyl (C=O) groups is 2. The molecule has 2 fully saturated rings. The van der Waals surface area contributed by atoms with Gasteiger partial charge in [0.25, 0.3) is 0 Å². The second kappa shape index (κ2) is 3.36. The molecule has 2 aliphatic carbocycles. The first-order chi connectivity index (χ1) is 7.69. The van der Waals surface area contributed by atoms with Crippen molar-refractivity contribution >= 4 is 11.9 Å². The highest BCUT2D eigenvalue weighted by Gasteiger charge is 2.60. The first kappa shape index (κ1) is 12.2. The molecule has 2 saturated carbocycles. The zero-order chi connectivity index (χ0) is 12.9. The third-order valence-electron chi connectivity index (χ3n) is 3.93. The Morgan fingerprint density at radius 2 is 1.65 bits per heavy atom. The van der Waals surface area contributed by atoms with Crippen molar-refractivity contribution < 1.29 is 27.9 Å². The van der Waals surface area contributed by atoms with Crippen molar-refractivity contribution in [3.63, 3.8) is 0 Å². The van der Waals surface area contributed by atoms with E-state index in [-0.39, 0.29) is 6.42 Å². The molecule has 0 unspecified atom stereocenters. The van der Waals surface area contributed by atoms with Crippen molar-refractivity contribution in [3.8, 4) is 0 Å². The largest absolute Gasteiger partial charge is 0.481 e. The summed E-state index contributed by atoms with van der Waals surface area (Å²) in [5.41, 5.74) is -1.90. The monoisotopic (exact) mass is 251 g/mol. The lowest BCUT2D eigenvalue weighted by Gasteiger charge is -2.28. The minimum absolute atomic E-state index is 0.108. The van der Waals surface area contributed by atoms with Gasteiger partial charge in [0.1, 0.15) is 0 Å². The molecule has 0 radical (unpaired) electrons. The lowest BCUT2D eigenvalue weighted by Crippen LogP contribution is -2.50. The van der Waals surface area contributed by atoms with Crippen LogP contribution >= 0.6 is 0 Å². The molecule has 0 saturated heterocycles. The van der Waals surface area contributed by atoms with E-state index in [1.807, 2.05) is 5.32 Å². The number of rotatable bonds is 2. The molecule has 0 heterocycles. The Labute approximate surface area is 95.2 Å². The fourth-order valence-electron chi connectivity index (χ4n) is 2.98. The van der Waals surface area contributed by atoms with E-state index in [1.165, 1.54) is 0 Å². The van der Waals surface area contributed by atoms with Crippen LogP contribution in [0.15, 0.2) is 0 Å².